The van der Waals surface area contributed by atoms with E-state index in [9.17, 15) is 9.59 Å². The third-order valence-electron chi connectivity index (χ3n) is 2.51. The molecule has 0 aliphatic carbocycles. The summed E-state index contributed by atoms with van der Waals surface area (Å²) in [5.41, 5.74) is 6.38. The van der Waals surface area contributed by atoms with Crippen LogP contribution in [0, 0.1) is 0 Å². The molecule has 0 aromatic heterocycles. The van der Waals surface area contributed by atoms with E-state index in [1.165, 1.54) is 0 Å². The number of carbonyl (C=O) groups is 2. The first-order valence-corrected chi connectivity index (χ1v) is 5.99. The maximum atomic E-state index is 12.0. The van der Waals surface area contributed by atoms with E-state index < -0.39 is 11.9 Å². The van der Waals surface area contributed by atoms with Crippen LogP contribution in [0.2, 0.25) is 0 Å². The zero-order valence-corrected chi connectivity index (χ0v) is 10.7. The summed E-state index contributed by atoms with van der Waals surface area (Å²) in [7, 11) is 0. The molecule has 5 heteroatoms. The highest BCUT2D eigenvalue weighted by molar-refractivity contribution is 6.01. The number of para-hydroxylation sites is 1. The second kappa shape index (κ2) is 6.64. The molecule has 1 atom stereocenters. The van der Waals surface area contributed by atoms with Crippen molar-refractivity contribution in [1.29, 1.82) is 0 Å². The van der Waals surface area contributed by atoms with Gasteiger partial charge >= 0.3 is 0 Å². The largest absolute Gasteiger partial charge is 0.384 e. The van der Waals surface area contributed by atoms with Crippen LogP contribution in [-0.4, -0.2) is 24.4 Å². The molecule has 18 heavy (non-hydrogen) atoms. The van der Waals surface area contributed by atoms with Crippen LogP contribution in [0.25, 0.3) is 0 Å². The maximum absolute atomic E-state index is 12.0. The summed E-state index contributed by atoms with van der Waals surface area (Å²) in [6, 6.07) is 6.49. The van der Waals surface area contributed by atoms with Gasteiger partial charge in [0.2, 0.25) is 5.91 Å². The van der Waals surface area contributed by atoms with Crippen LogP contribution in [0.5, 0.6) is 0 Å². The molecule has 5 nitrogen and oxygen atoms in total. The fraction of sp³-hybridized carbons (Fsp3) is 0.385. The highest BCUT2D eigenvalue weighted by Crippen LogP contribution is 2.14. The van der Waals surface area contributed by atoms with Crippen molar-refractivity contribution in [3.63, 3.8) is 0 Å². The average Bonchev–Trinajstić information content (AvgIpc) is 2.36. The van der Waals surface area contributed by atoms with Gasteiger partial charge in [0.05, 0.1) is 5.56 Å². The summed E-state index contributed by atoms with van der Waals surface area (Å²) in [5.74, 6) is -0.858. The minimum absolute atomic E-state index is 0.305. The number of carbonyl (C=O) groups excluding carboxylic acids is 2. The van der Waals surface area contributed by atoms with Gasteiger partial charge in [-0.3, -0.25) is 9.59 Å². The number of nitrogens with two attached hydrogens (primary N) is 1. The van der Waals surface area contributed by atoms with E-state index in [2.05, 4.69) is 10.6 Å². The van der Waals surface area contributed by atoms with Crippen molar-refractivity contribution < 1.29 is 9.59 Å². The Labute approximate surface area is 107 Å². The molecule has 98 valence electrons. The number of primary amides is 1. The van der Waals surface area contributed by atoms with Crippen molar-refractivity contribution in [1.82, 2.24) is 5.32 Å². The predicted octanol–water partition coefficient (Wildman–Crippen LogP) is 1.11. The number of hydrogen-bond donors (Lipinski definition) is 3. The van der Waals surface area contributed by atoms with Gasteiger partial charge in [-0.2, -0.15) is 0 Å². The summed E-state index contributed by atoms with van der Waals surface area (Å²) in [5, 5.41) is 5.73. The molecule has 0 spiro atoms. The van der Waals surface area contributed by atoms with Gasteiger partial charge < -0.3 is 16.4 Å². The van der Waals surface area contributed by atoms with Gasteiger partial charge in [-0.05, 0) is 25.5 Å². The molecule has 1 aromatic rings. The lowest BCUT2D eigenvalue weighted by atomic mass is 10.1. The van der Waals surface area contributed by atoms with E-state index in [0.717, 1.165) is 18.7 Å². The Bertz CT molecular complexity index is 432. The number of rotatable bonds is 6. The van der Waals surface area contributed by atoms with Crippen molar-refractivity contribution in [2.75, 3.05) is 11.9 Å². The first-order valence-electron chi connectivity index (χ1n) is 5.99. The van der Waals surface area contributed by atoms with E-state index >= 15 is 0 Å². The van der Waals surface area contributed by atoms with Crippen LogP contribution < -0.4 is 16.4 Å². The SMILES string of the molecule is CCCNc1ccccc1C(=O)NC(C)C(N)=O. The Morgan fingerprint density at radius 3 is 2.61 bits per heavy atom. The Hall–Kier alpha value is -2.04. The number of hydrogen-bond acceptors (Lipinski definition) is 3. The lowest BCUT2D eigenvalue weighted by Gasteiger charge is -2.14. The summed E-state index contributed by atoms with van der Waals surface area (Å²) >= 11 is 0. The number of anilines is 1. The lowest BCUT2D eigenvalue weighted by molar-refractivity contribution is -0.119. The Balaban J connectivity index is 2.81. The standard InChI is InChI=1S/C13H19N3O2/c1-3-8-15-11-7-5-4-6-10(11)13(18)16-9(2)12(14)17/h4-7,9,15H,3,8H2,1-2H3,(H2,14,17)(H,16,18). The van der Waals surface area contributed by atoms with E-state index in [0.29, 0.717) is 5.56 Å². The Kier molecular flexibility index (Phi) is 5.17. The van der Waals surface area contributed by atoms with Crippen LogP contribution in [0.1, 0.15) is 30.6 Å². The molecule has 0 saturated heterocycles. The van der Waals surface area contributed by atoms with Crippen molar-refractivity contribution in [2.45, 2.75) is 26.3 Å². The predicted molar refractivity (Wildman–Crippen MR) is 71.3 cm³/mol. The quantitative estimate of drug-likeness (QED) is 0.706. The lowest BCUT2D eigenvalue weighted by Crippen LogP contribution is -2.42. The topological polar surface area (TPSA) is 84.2 Å². The van der Waals surface area contributed by atoms with Crippen LogP contribution >= 0.6 is 0 Å². The van der Waals surface area contributed by atoms with Crippen LogP contribution in [-0.2, 0) is 4.79 Å². The fourth-order valence-electron chi connectivity index (χ4n) is 1.44. The third-order valence-corrected chi connectivity index (χ3v) is 2.51. The molecule has 2 amide bonds. The Morgan fingerprint density at radius 2 is 2.00 bits per heavy atom. The van der Waals surface area contributed by atoms with Crippen molar-refractivity contribution in [2.24, 2.45) is 5.73 Å². The molecule has 1 unspecified atom stereocenters. The van der Waals surface area contributed by atoms with E-state index in [1.54, 1.807) is 19.1 Å². The highest BCUT2D eigenvalue weighted by atomic mass is 16.2. The van der Waals surface area contributed by atoms with E-state index in [1.807, 2.05) is 19.1 Å². The summed E-state index contributed by atoms with van der Waals surface area (Å²) in [4.78, 5) is 22.9. The molecule has 4 N–H and O–H groups in total. The molecule has 0 bridgehead atoms. The summed E-state index contributed by atoms with van der Waals surface area (Å²) in [6.07, 6.45) is 0.966. The molecule has 1 rings (SSSR count). The molecule has 0 aliphatic rings. The zero-order chi connectivity index (χ0) is 13.5. The van der Waals surface area contributed by atoms with Gasteiger partial charge in [-0.15, -0.1) is 0 Å². The van der Waals surface area contributed by atoms with Gasteiger partial charge in [-0.1, -0.05) is 19.1 Å². The maximum Gasteiger partial charge on any atom is 0.254 e. The summed E-state index contributed by atoms with van der Waals surface area (Å²) in [6.45, 7) is 4.39. The molecular weight excluding hydrogens is 230 g/mol. The normalized spacial score (nSPS) is 11.7. The van der Waals surface area contributed by atoms with Crippen LogP contribution in [0.4, 0.5) is 5.69 Å². The molecule has 0 heterocycles. The summed E-state index contributed by atoms with van der Waals surface area (Å²) < 4.78 is 0. The second-order valence-electron chi connectivity index (χ2n) is 4.07. The second-order valence-corrected chi connectivity index (χ2v) is 4.07. The van der Waals surface area contributed by atoms with Gasteiger partial charge in [-0.25, -0.2) is 0 Å². The van der Waals surface area contributed by atoms with Gasteiger partial charge in [0.25, 0.3) is 5.91 Å². The van der Waals surface area contributed by atoms with Gasteiger partial charge in [0.15, 0.2) is 0 Å². The average molecular weight is 249 g/mol. The molecule has 0 fully saturated rings. The minimum atomic E-state index is -0.684. The number of nitrogens with one attached hydrogen (secondary N) is 2. The molecule has 1 aromatic carbocycles. The van der Waals surface area contributed by atoms with Crippen molar-refractivity contribution in [3.05, 3.63) is 29.8 Å². The van der Waals surface area contributed by atoms with Crippen LogP contribution in [0.3, 0.4) is 0 Å². The van der Waals surface area contributed by atoms with E-state index in [4.69, 9.17) is 5.73 Å². The zero-order valence-electron chi connectivity index (χ0n) is 10.7. The van der Waals surface area contributed by atoms with Crippen LogP contribution in [0.15, 0.2) is 24.3 Å². The first kappa shape index (κ1) is 14.0. The highest BCUT2D eigenvalue weighted by Gasteiger charge is 2.15. The smallest absolute Gasteiger partial charge is 0.254 e. The molecular formula is C13H19N3O2. The molecule has 0 saturated carbocycles. The minimum Gasteiger partial charge on any atom is -0.384 e. The molecule has 0 aliphatic heterocycles. The van der Waals surface area contributed by atoms with Gasteiger partial charge in [0, 0.05) is 12.2 Å². The first-order chi connectivity index (χ1) is 8.56. The number of benzene rings is 1. The monoisotopic (exact) mass is 249 g/mol. The van der Waals surface area contributed by atoms with Crippen molar-refractivity contribution in [3.8, 4) is 0 Å². The third kappa shape index (κ3) is 3.76. The Morgan fingerprint density at radius 1 is 1.33 bits per heavy atom. The number of amides is 2. The molecule has 0 radical (unpaired) electrons. The fourth-order valence-corrected chi connectivity index (χ4v) is 1.44. The van der Waals surface area contributed by atoms with Crippen molar-refractivity contribution >= 4 is 17.5 Å². The van der Waals surface area contributed by atoms with Gasteiger partial charge in [0.1, 0.15) is 6.04 Å². The van der Waals surface area contributed by atoms with E-state index in [-0.39, 0.29) is 5.91 Å².